The lowest BCUT2D eigenvalue weighted by atomic mass is 9.74. The van der Waals surface area contributed by atoms with Crippen LogP contribution in [0.1, 0.15) is 108 Å². The summed E-state index contributed by atoms with van der Waals surface area (Å²) >= 11 is 0. The van der Waals surface area contributed by atoms with Crippen molar-refractivity contribution in [2.24, 2.45) is 17.8 Å². The van der Waals surface area contributed by atoms with E-state index >= 15 is 0 Å². The molecule has 1 aromatic carbocycles. The maximum Gasteiger partial charge on any atom is 0.439 e. The van der Waals surface area contributed by atoms with E-state index in [-0.39, 0.29) is 11.7 Å². The second-order valence-corrected chi connectivity index (χ2v) is 10.8. The van der Waals surface area contributed by atoms with Gasteiger partial charge in [-0.15, -0.1) is 0 Å². The Labute approximate surface area is 206 Å². The van der Waals surface area contributed by atoms with Gasteiger partial charge in [-0.25, -0.2) is 4.39 Å². The standard InChI is InChI=1S/C28H40F6O/c1-2-3-4-7-20-10-12-21(13-11-20)14-15-22-16-18-23(19-17-22)24-8-5-6-9-25(24)35-28(33,34)26(29)27(30,31)32/h5-6,8-9,20-23,26H,2-4,7,10-19H2,1H3. The Morgan fingerprint density at radius 2 is 1.29 bits per heavy atom. The molecule has 2 aliphatic carbocycles. The van der Waals surface area contributed by atoms with Crippen LogP contribution in [0.5, 0.6) is 5.75 Å². The Balaban J connectivity index is 1.45. The van der Waals surface area contributed by atoms with Gasteiger partial charge in [0.2, 0.25) is 0 Å². The summed E-state index contributed by atoms with van der Waals surface area (Å²) in [6, 6.07) is 5.88. The Bertz CT molecular complexity index is 748. The van der Waals surface area contributed by atoms with Crippen LogP contribution < -0.4 is 4.74 Å². The van der Waals surface area contributed by atoms with Crippen LogP contribution in [0.15, 0.2) is 24.3 Å². The lowest BCUT2D eigenvalue weighted by molar-refractivity contribution is -0.305. The summed E-state index contributed by atoms with van der Waals surface area (Å²) < 4.78 is 82.9. The summed E-state index contributed by atoms with van der Waals surface area (Å²) in [5.74, 6) is 1.90. The van der Waals surface area contributed by atoms with Gasteiger partial charge in [0, 0.05) is 0 Å². The zero-order valence-corrected chi connectivity index (χ0v) is 20.8. The Hall–Kier alpha value is -1.40. The summed E-state index contributed by atoms with van der Waals surface area (Å²) in [7, 11) is 0. The highest BCUT2D eigenvalue weighted by atomic mass is 19.4. The molecule has 0 radical (unpaired) electrons. The van der Waals surface area contributed by atoms with Crippen LogP contribution in [0.3, 0.4) is 0 Å². The Morgan fingerprint density at radius 1 is 0.771 bits per heavy atom. The van der Waals surface area contributed by atoms with Gasteiger partial charge in [0.05, 0.1) is 0 Å². The molecule has 0 N–H and O–H groups in total. The average Bonchev–Trinajstić information content (AvgIpc) is 2.83. The van der Waals surface area contributed by atoms with Crippen molar-refractivity contribution < 1.29 is 31.1 Å². The third-order valence-corrected chi connectivity index (χ3v) is 8.20. The molecule has 0 aromatic heterocycles. The van der Waals surface area contributed by atoms with Gasteiger partial charge in [0.1, 0.15) is 5.75 Å². The molecule has 1 atom stereocenters. The molecule has 200 valence electrons. The van der Waals surface area contributed by atoms with E-state index in [1.807, 2.05) is 0 Å². The highest BCUT2D eigenvalue weighted by Crippen LogP contribution is 2.44. The van der Waals surface area contributed by atoms with E-state index in [1.165, 1.54) is 76.3 Å². The van der Waals surface area contributed by atoms with Crippen LogP contribution in [0.2, 0.25) is 0 Å². The van der Waals surface area contributed by atoms with Gasteiger partial charge in [0.15, 0.2) is 0 Å². The van der Waals surface area contributed by atoms with Crippen molar-refractivity contribution in [1.82, 2.24) is 0 Å². The molecule has 1 aromatic rings. The van der Waals surface area contributed by atoms with Crippen LogP contribution in [-0.4, -0.2) is 18.5 Å². The lowest BCUT2D eigenvalue weighted by Crippen LogP contribution is -2.45. The maximum absolute atomic E-state index is 13.9. The highest BCUT2D eigenvalue weighted by molar-refractivity contribution is 5.37. The number of hydrogen-bond donors (Lipinski definition) is 0. The molecule has 1 nitrogen and oxygen atoms in total. The zero-order valence-electron chi connectivity index (χ0n) is 20.8. The first-order chi connectivity index (χ1) is 16.6. The van der Waals surface area contributed by atoms with Crippen LogP contribution in [0.4, 0.5) is 26.3 Å². The number of rotatable bonds is 11. The van der Waals surface area contributed by atoms with Gasteiger partial charge in [-0.05, 0) is 61.0 Å². The molecule has 2 fully saturated rings. The molecule has 1 unspecified atom stereocenters. The van der Waals surface area contributed by atoms with Crippen molar-refractivity contribution in [3.05, 3.63) is 29.8 Å². The zero-order chi connectivity index (χ0) is 25.5. The minimum atomic E-state index is -5.69. The third-order valence-electron chi connectivity index (χ3n) is 8.20. The van der Waals surface area contributed by atoms with Crippen molar-refractivity contribution >= 4 is 0 Å². The largest absolute Gasteiger partial charge is 0.439 e. The minimum absolute atomic E-state index is 0.0687. The SMILES string of the molecule is CCCCCC1CCC(CCC2CCC(c3ccccc3OC(F)(F)C(F)C(F)(F)F)CC2)CC1. The second-order valence-electron chi connectivity index (χ2n) is 10.8. The predicted molar refractivity (Wildman–Crippen MR) is 126 cm³/mol. The van der Waals surface area contributed by atoms with E-state index in [2.05, 4.69) is 11.7 Å². The molecule has 0 spiro atoms. The van der Waals surface area contributed by atoms with Crippen LogP contribution in [0.25, 0.3) is 0 Å². The molecule has 0 aliphatic heterocycles. The first-order valence-corrected chi connectivity index (χ1v) is 13.5. The van der Waals surface area contributed by atoms with Crippen molar-refractivity contribution in [3.8, 4) is 5.75 Å². The normalized spacial score (nSPS) is 26.9. The van der Waals surface area contributed by atoms with Crippen molar-refractivity contribution in [2.45, 2.75) is 121 Å². The lowest BCUT2D eigenvalue weighted by Gasteiger charge is -2.33. The molecular formula is C28H40F6O. The van der Waals surface area contributed by atoms with Crippen LogP contribution in [-0.2, 0) is 0 Å². The second kappa shape index (κ2) is 12.7. The summed E-state index contributed by atoms with van der Waals surface area (Å²) in [5, 5.41) is 0. The first-order valence-electron chi connectivity index (χ1n) is 13.5. The first kappa shape index (κ1) is 28.2. The van der Waals surface area contributed by atoms with E-state index in [4.69, 9.17) is 0 Å². The van der Waals surface area contributed by atoms with Gasteiger partial charge in [-0.2, -0.15) is 22.0 Å². The molecular weight excluding hydrogens is 466 g/mol. The number of para-hydroxylation sites is 1. The molecule has 0 heterocycles. The highest BCUT2D eigenvalue weighted by Gasteiger charge is 2.59. The molecule has 0 amide bonds. The van der Waals surface area contributed by atoms with E-state index in [0.29, 0.717) is 11.5 Å². The van der Waals surface area contributed by atoms with Crippen LogP contribution in [0, 0.1) is 17.8 Å². The number of ether oxygens (including phenoxy) is 1. The fourth-order valence-corrected chi connectivity index (χ4v) is 6.02. The van der Waals surface area contributed by atoms with Gasteiger partial charge in [-0.3, -0.25) is 0 Å². The van der Waals surface area contributed by atoms with Gasteiger partial charge in [-0.1, -0.05) is 89.3 Å². The van der Waals surface area contributed by atoms with Crippen molar-refractivity contribution in [1.29, 1.82) is 0 Å². The molecule has 0 saturated heterocycles. The maximum atomic E-state index is 13.9. The van der Waals surface area contributed by atoms with Crippen molar-refractivity contribution in [2.75, 3.05) is 0 Å². The van der Waals surface area contributed by atoms with Gasteiger partial charge in [0.25, 0.3) is 6.17 Å². The molecule has 0 bridgehead atoms. The van der Waals surface area contributed by atoms with E-state index in [0.717, 1.165) is 37.5 Å². The van der Waals surface area contributed by atoms with E-state index < -0.39 is 18.5 Å². The topological polar surface area (TPSA) is 9.23 Å². The molecule has 35 heavy (non-hydrogen) atoms. The van der Waals surface area contributed by atoms with Crippen molar-refractivity contribution in [3.63, 3.8) is 0 Å². The number of halogens is 6. The number of unbranched alkanes of at least 4 members (excludes halogenated alkanes) is 2. The fraction of sp³-hybridized carbons (Fsp3) is 0.786. The quantitative estimate of drug-likeness (QED) is 0.214. The Morgan fingerprint density at radius 3 is 1.83 bits per heavy atom. The van der Waals surface area contributed by atoms with E-state index in [9.17, 15) is 26.3 Å². The number of hydrogen-bond acceptors (Lipinski definition) is 1. The molecule has 2 saturated carbocycles. The Kier molecular flexibility index (Phi) is 10.2. The van der Waals surface area contributed by atoms with Gasteiger partial charge < -0.3 is 4.74 Å². The molecule has 7 heteroatoms. The number of alkyl halides is 6. The minimum Gasteiger partial charge on any atom is -0.430 e. The summed E-state index contributed by atoms with van der Waals surface area (Å²) in [4.78, 5) is 0. The number of benzene rings is 1. The average molecular weight is 507 g/mol. The van der Waals surface area contributed by atoms with Crippen LogP contribution >= 0.6 is 0 Å². The summed E-state index contributed by atoms with van der Waals surface area (Å²) in [5.41, 5.74) is 0.446. The fourth-order valence-electron chi connectivity index (χ4n) is 6.02. The smallest absolute Gasteiger partial charge is 0.430 e. The molecule has 2 aliphatic rings. The monoisotopic (exact) mass is 506 g/mol. The molecule has 3 rings (SSSR count). The summed E-state index contributed by atoms with van der Waals surface area (Å²) in [6.07, 6.45) is 1.62. The van der Waals surface area contributed by atoms with E-state index in [1.54, 1.807) is 12.1 Å². The predicted octanol–water partition coefficient (Wildman–Crippen LogP) is 10.00. The third kappa shape index (κ3) is 8.31. The summed E-state index contributed by atoms with van der Waals surface area (Å²) in [6.45, 7) is 2.24. The van der Waals surface area contributed by atoms with Gasteiger partial charge >= 0.3 is 12.3 Å².